The Hall–Kier alpha value is -0.740. The number of hydrogen-bond acceptors (Lipinski definition) is 4. The molecule has 0 bridgehead atoms. The van der Waals surface area contributed by atoms with Crippen molar-refractivity contribution >= 4 is 16.8 Å². The van der Waals surface area contributed by atoms with Crippen LogP contribution < -0.4 is 5.32 Å². The average molecular weight is 226 g/mol. The zero-order valence-corrected chi connectivity index (χ0v) is 10.3. The molecule has 84 valence electrons. The molecule has 2 N–H and O–H groups in total. The van der Waals surface area contributed by atoms with E-state index < -0.39 is 0 Å². The normalized spacial score (nSPS) is 32.5. The van der Waals surface area contributed by atoms with Crippen LogP contribution in [0.4, 0.5) is 0 Å². The van der Waals surface area contributed by atoms with Crippen LogP contribution in [0.3, 0.4) is 0 Å². The van der Waals surface area contributed by atoms with Crippen molar-refractivity contribution in [3.8, 4) is 0 Å². The number of thioether (sulfide) groups is 1. The largest absolute Gasteiger partial charge is 0.392 e. The van der Waals surface area contributed by atoms with Gasteiger partial charge in [0, 0.05) is 30.4 Å². The van der Waals surface area contributed by atoms with Crippen molar-refractivity contribution in [1.29, 1.82) is 0 Å². The number of allylic oxidation sites excluding steroid dienone is 1. The number of aliphatic imine (C=N–C) groups is 1. The first-order chi connectivity index (χ1) is 7.22. The molecular formula is C11H18N2OS. The van der Waals surface area contributed by atoms with Gasteiger partial charge in [-0.25, -0.2) is 0 Å². The number of aliphatic hydroxyl groups excluding tert-OH is 1. The van der Waals surface area contributed by atoms with Crippen molar-refractivity contribution in [2.45, 2.75) is 13.3 Å². The standard InChI is InChI=1S/C11H18N2OS/c1-8-4-5-10(12-2)9(7-14)6-13-11(8)15-3/h5-6,8,12,14H,4,7H2,1-3H3/b9-6-,10-5-,13-11-. The second-order valence-corrected chi connectivity index (χ2v) is 4.31. The van der Waals surface area contributed by atoms with Gasteiger partial charge < -0.3 is 10.4 Å². The first-order valence-electron chi connectivity index (χ1n) is 5.02. The highest BCUT2D eigenvalue weighted by Gasteiger charge is 2.12. The number of aliphatic hydroxyl groups is 1. The van der Waals surface area contributed by atoms with E-state index in [1.54, 1.807) is 18.0 Å². The summed E-state index contributed by atoms with van der Waals surface area (Å²) < 4.78 is 0. The van der Waals surface area contributed by atoms with Crippen LogP contribution in [0.5, 0.6) is 0 Å². The molecule has 3 nitrogen and oxygen atoms in total. The van der Waals surface area contributed by atoms with Crippen LogP contribution in [-0.2, 0) is 0 Å². The zero-order chi connectivity index (χ0) is 11.3. The summed E-state index contributed by atoms with van der Waals surface area (Å²) in [5.74, 6) is 0.444. The van der Waals surface area contributed by atoms with Crippen LogP contribution in [0.2, 0.25) is 0 Å². The third-order valence-electron chi connectivity index (χ3n) is 2.44. The maximum atomic E-state index is 9.21. The van der Waals surface area contributed by atoms with Crippen LogP contribution in [0, 0.1) is 5.92 Å². The Labute approximate surface area is 95.4 Å². The highest BCUT2D eigenvalue weighted by atomic mass is 32.2. The van der Waals surface area contributed by atoms with Gasteiger partial charge in [-0.1, -0.05) is 13.0 Å². The molecule has 0 fully saturated rings. The predicted octanol–water partition coefficient (Wildman–Crippen LogP) is 1.77. The van der Waals surface area contributed by atoms with Crippen molar-refractivity contribution in [2.24, 2.45) is 10.9 Å². The highest BCUT2D eigenvalue weighted by Crippen LogP contribution is 2.20. The number of hydrogen-bond donors (Lipinski definition) is 2. The molecule has 0 aliphatic carbocycles. The van der Waals surface area contributed by atoms with Gasteiger partial charge in [-0.05, 0) is 12.7 Å². The first-order valence-corrected chi connectivity index (χ1v) is 6.25. The first kappa shape index (κ1) is 12.3. The van der Waals surface area contributed by atoms with Gasteiger partial charge in [0.25, 0.3) is 0 Å². The molecular weight excluding hydrogens is 208 g/mol. The summed E-state index contributed by atoms with van der Waals surface area (Å²) in [6.45, 7) is 2.18. The van der Waals surface area contributed by atoms with Crippen LogP contribution in [0.1, 0.15) is 13.3 Å². The number of rotatable bonds is 2. The van der Waals surface area contributed by atoms with Gasteiger partial charge in [0.15, 0.2) is 0 Å². The maximum Gasteiger partial charge on any atom is 0.0760 e. The lowest BCUT2D eigenvalue weighted by atomic mass is 10.1. The lowest BCUT2D eigenvalue weighted by Crippen LogP contribution is -2.15. The minimum atomic E-state index is 0.0201. The van der Waals surface area contributed by atoms with E-state index in [1.165, 1.54) is 0 Å². The van der Waals surface area contributed by atoms with Gasteiger partial charge in [-0.15, -0.1) is 11.8 Å². The average Bonchev–Trinajstić information content (AvgIpc) is 2.24. The number of nitrogens with zero attached hydrogens (tertiary/aromatic N) is 1. The smallest absolute Gasteiger partial charge is 0.0760 e. The van der Waals surface area contributed by atoms with Crippen LogP contribution in [-0.4, -0.2) is 30.1 Å². The fraction of sp³-hybridized carbons (Fsp3) is 0.545. The highest BCUT2D eigenvalue weighted by molar-refractivity contribution is 8.13. The van der Waals surface area contributed by atoms with E-state index in [4.69, 9.17) is 0 Å². The number of likely N-dealkylation sites (N-methyl/N-ethyl adjacent to an activating group) is 1. The molecule has 1 aliphatic heterocycles. The Morgan fingerprint density at radius 3 is 2.93 bits per heavy atom. The Morgan fingerprint density at radius 1 is 1.67 bits per heavy atom. The van der Waals surface area contributed by atoms with Gasteiger partial charge in [0.1, 0.15) is 0 Å². The molecule has 0 aromatic carbocycles. The fourth-order valence-corrected chi connectivity index (χ4v) is 2.16. The molecule has 0 spiro atoms. The summed E-state index contributed by atoms with van der Waals surface area (Å²) in [4.78, 5) is 4.41. The van der Waals surface area contributed by atoms with E-state index >= 15 is 0 Å². The minimum absolute atomic E-state index is 0.0201. The van der Waals surface area contributed by atoms with Crippen LogP contribution in [0.15, 0.2) is 28.5 Å². The second kappa shape index (κ2) is 5.98. The summed E-state index contributed by atoms with van der Waals surface area (Å²) in [5.41, 5.74) is 1.82. The van der Waals surface area contributed by atoms with E-state index in [2.05, 4.69) is 23.3 Å². The SMILES string of the molecule is CNC1=C\CC(C)/C(SC)=N/C=C\1CO. The van der Waals surface area contributed by atoms with Crippen LogP contribution in [0.25, 0.3) is 0 Å². The monoisotopic (exact) mass is 226 g/mol. The predicted molar refractivity (Wildman–Crippen MR) is 67.0 cm³/mol. The van der Waals surface area contributed by atoms with Crippen molar-refractivity contribution < 1.29 is 5.11 Å². The molecule has 1 unspecified atom stereocenters. The zero-order valence-electron chi connectivity index (χ0n) is 9.45. The Morgan fingerprint density at radius 2 is 2.40 bits per heavy atom. The third kappa shape index (κ3) is 3.11. The molecule has 0 amide bonds. The van der Waals surface area contributed by atoms with Gasteiger partial charge in [-0.3, -0.25) is 4.99 Å². The molecule has 0 aromatic rings. The van der Waals surface area contributed by atoms with Crippen molar-refractivity contribution in [3.63, 3.8) is 0 Å². The fourth-order valence-electron chi connectivity index (χ4n) is 1.51. The van der Waals surface area contributed by atoms with Gasteiger partial charge in [0.2, 0.25) is 0 Å². The molecule has 0 aromatic heterocycles. The van der Waals surface area contributed by atoms with Gasteiger partial charge in [-0.2, -0.15) is 0 Å². The molecule has 4 heteroatoms. The van der Waals surface area contributed by atoms with Crippen molar-refractivity contribution in [3.05, 3.63) is 23.5 Å². The summed E-state index contributed by atoms with van der Waals surface area (Å²) in [6.07, 6.45) is 6.86. The molecule has 0 saturated carbocycles. The molecule has 15 heavy (non-hydrogen) atoms. The molecule has 1 atom stereocenters. The van der Waals surface area contributed by atoms with E-state index in [-0.39, 0.29) is 6.61 Å². The van der Waals surface area contributed by atoms with Crippen molar-refractivity contribution in [1.82, 2.24) is 5.32 Å². The van der Waals surface area contributed by atoms with Crippen LogP contribution >= 0.6 is 11.8 Å². The second-order valence-electron chi connectivity index (χ2n) is 3.49. The lowest BCUT2D eigenvalue weighted by Gasteiger charge is -2.16. The van der Waals surface area contributed by atoms with Crippen molar-refractivity contribution in [2.75, 3.05) is 19.9 Å². The molecule has 1 heterocycles. The van der Waals surface area contributed by atoms with E-state index in [0.29, 0.717) is 5.92 Å². The molecule has 0 radical (unpaired) electrons. The molecule has 0 saturated heterocycles. The Balaban J connectivity index is 3.01. The lowest BCUT2D eigenvalue weighted by molar-refractivity contribution is 0.332. The number of nitrogens with one attached hydrogen (secondary N) is 1. The Bertz CT molecular complexity index is 308. The van der Waals surface area contributed by atoms with Gasteiger partial charge >= 0.3 is 0 Å². The summed E-state index contributed by atoms with van der Waals surface area (Å²) >= 11 is 1.67. The summed E-state index contributed by atoms with van der Waals surface area (Å²) in [7, 11) is 1.86. The third-order valence-corrected chi connectivity index (χ3v) is 3.37. The quantitative estimate of drug-likeness (QED) is 0.754. The summed E-state index contributed by atoms with van der Waals surface area (Å²) in [6, 6.07) is 0. The molecule has 1 aliphatic rings. The Kier molecular flexibility index (Phi) is 4.91. The topological polar surface area (TPSA) is 44.6 Å². The van der Waals surface area contributed by atoms with E-state index in [1.807, 2.05) is 13.3 Å². The molecule has 1 rings (SSSR count). The maximum absolute atomic E-state index is 9.21. The van der Waals surface area contributed by atoms with Gasteiger partial charge in [0.05, 0.1) is 11.7 Å². The van der Waals surface area contributed by atoms with E-state index in [0.717, 1.165) is 22.7 Å². The minimum Gasteiger partial charge on any atom is -0.392 e. The summed E-state index contributed by atoms with van der Waals surface area (Å²) in [5, 5.41) is 13.4. The van der Waals surface area contributed by atoms with E-state index in [9.17, 15) is 5.11 Å².